The Bertz CT molecular complexity index is 465. The van der Waals surface area contributed by atoms with Crippen LogP contribution in [0, 0.1) is 10.1 Å². The van der Waals surface area contributed by atoms with E-state index in [0.717, 1.165) is 0 Å². The molecule has 0 bridgehead atoms. The van der Waals surface area contributed by atoms with E-state index in [1.165, 1.54) is 23.1 Å². The van der Waals surface area contributed by atoms with E-state index in [-0.39, 0.29) is 22.2 Å². The van der Waals surface area contributed by atoms with Crippen molar-refractivity contribution in [2.75, 3.05) is 19.6 Å². The lowest BCUT2D eigenvalue weighted by Gasteiger charge is -2.20. The molecule has 1 rings (SSSR count). The Morgan fingerprint density at radius 2 is 2.22 bits per heavy atom. The Balaban J connectivity index is 3.10. The van der Waals surface area contributed by atoms with E-state index in [1.54, 1.807) is 6.92 Å². The van der Waals surface area contributed by atoms with E-state index in [0.29, 0.717) is 19.6 Å². The highest BCUT2D eigenvalue weighted by molar-refractivity contribution is 6.33. The van der Waals surface area contributed by atoms with Gasteiger partial charge in [-0.2, -0.15) is 0 Å². The minimum atomic E-state index is -0.563. The third-order valence-corrected chi connectivity index (χ3v) is 2.79. The molecule has 0 saturated carbocycles. The summed E-state index contributed by atoms with van der Waals surface area (Å²) in [7, 11) is 0. The van der Waals surface area contributed by atoms with Crippen LogP contribution in [0.25, 0.3) is 0 Å². The van der Waals surface area contributed by atoms with Crippen LogP contribution in [0.2, 0.25) is 5.02 Å². The van der Waals surface area contributed by atoms with Crippen LogP contribution >= 0.6 is 11.6 Å². The minimum Gasteiger partial charge on any atom is -0.338 e. The van der Waals surface area contributed by atoms with Gasteiger partial charge in [-0.1, -0.05) is 11.6 Å². The highest BCUT2D eigenvalue weighted by atomic mass is 35.5. The van der Waals surface area contributed by atoms with E-state index in [9.17, 15) is 14.9 Å². The SMILES string of the molecule is CCN(CCN)C(=O)c1cc([N+](=O)[O-])ccc1Cl. The molecule has 1 aromatic carbocycles. The monoisotopic (exact) mass is 271 g/mol. The molecule has 0 aliphatic rings. The van der Waals surface area contributed by atoms with Crippen LogP contribution in [0.1, 0.15) is 17.3 Å². The second-order valence-corrected chi connectivity index (χ2v) is 4.00. The molecule has 98 valence electrons. The highest BCUT2D eigenvalue weighted by Gasteiger charge is 2.19. The lowest BCUT2D eigenvalue weighted by atomic mass is 10.1. The van der Waals surface area contributed by atoms with Crippen molar-refractivity contribution in [3.05, 3.63) is 38.9 Å². The van der Waals surface area contributed by atoms with E-state index in [1.807, 2.05) is 0 Å². The van der Waals surface area contributed by atoms with Crippen LogP contribution < -0.4 is 5.73 Å². The molecule has 0 radical (unpaired) electrons. The molecule has 0 atom stereocenters. The van der Waals surface area contributed by atoms with Crippen molar-refractivity contribution in [3.63, 3.8) is 0 Å². The predicted octanol–water partition coefficient (Wildman–Crippen LogP) is 1.67. The highest BCUT2D eigenvalue weighted by Crippen LogP contribution is 2.23. The van der Waals surface area contributed by atoms with Crippen molar-refractivity contribution in [2.45, 2.75) is 6.92 Å². The van der Waals surface area contributed by atoms with Gasteiger partial charge >= 0.3 is 0 Å². The van der Waals surface area contributed by atoms with Crippen LogP contribution in [-0.4, -0.2) is 35.4 Å². The summed E-state index contributed by atoms with van der Waals surface area (Å²) < 4.78 is 0. The van der Waals surface area contributed by atoms with Crippen LogP contribution in [0.4, 0.5) is 5.69 Å². The van der Waals surface area contributed by atoms with Crippen molar-refractivity contribution in [3.8, 4) is 0 Å². The summed E-state index contributed by atoms with van der Waals surface area (Å²) in [5.74, 6) is -0.350. The first-order valence-corrected chi connectivity index (χ1v) is 5.82. The number of halogens is 1. The molecule has 1 aromatic rings. The van der Waals surface area contributed by atoms with E-state index < -0.39 is 4.92 Å². The maximum absolute atomic E-state index is 12.1. The number of hydrogen-bond donors (Lipinski definition) is 1. The summed E-state index contributed by atoms with van der Waals surface area (Å²) in [6, 6.07) is 3.80. The van der Waals surface area contributed by atoms with Gasteiger partial charge < -0.3 is 10.6 Å². The molecule has 1 amide bonds. The number of nitro benzene ring substituents is 1. The first kappa shape index (κ1) is 14.4. The van der Waals surface area contributed by atoms with Crippen LogP contribution in [0.15, 0.2) is 18.2 Å². The fourth-order valence-corrected chi connectivity index (χ4v) is 1.72. The fourth-order valence-electron chi connectivity index (χ4n) is 1.52. The summed E-state index contributed by atoms with van der Waals surface area (Å²) in [4.78, 5) is 23.7. The van der Waals surface area contributed by atoms with Gasteiger partial charge in [0, 0.05) is 31.8 Å². The average Bonchev–Trinajstić information content (AvgIpc) is 2.35. The van der Waals surface area contributed by atoms with Gasteiger partial charge in [-0.05, 0) is 13.0 Å². The molecule has 0 aliphatic heterocycles. The van der Waals surface area contributed by atoms with Crippen molar-refractivity contribution >= 4 is 23.2 Å². The van der Waals surface area contributed by atoms with Gasteiger partial charge in [0.2, 0.25) is 0 Å². The zero-order chi connectivity index (χ0) is 13.7. The van der Waals surface area contributed by atoms with Crippen LogP contribution in [0.3, 0.4) is 0 Å². The lowest BCUT2D eigenvalue weighted by molar-refractivity contribution is -0.384. The van der Waals surface area contributed by atoms with Gasteiger partial charge in [0.05, 0.1) is 15.5 Å². The molecule has 0 saturated heterocycles. The topological polar surface area (TPSA) is 89.5 Å². The molecule has 0 unspecified atom stereocenters. The normalized spacial score (nSPS) is 10.2. The third-order valence-electron chi connectivity index (χ3n) is 2.46. The standard InChI is InChI=1S/C11H14ClN3O3/c1-2-14(6-5-13)11(16)9-7-8(15(17)18)3-4-10(9)12/h3-4,7H,2,5-6,13H2,1H3. The second-order valence-electron chi connectivity index (χ2n) is 3.59. The Morgan fingerprint density at radius 3 is 2.72 bits per heavy atom. The number of amides is 1. The van der Waals surface area contributed by atoms with E-state index >= 15 is 0 Å². The number of carbonyl (C=O) groups is 1. The average molecular weight is 272 g/mol. The number of nitrogens with two attached hydrogens (primary N) is 1. The second kappa shape index (κ2) is 6.32. The Kier molecular flexibility index (Phi) is 5.06. The Hall–Kier alpha value is -1.66. The molecule has 2 N–H and O–H groups in total. The molecule has 0 aromatic heterocycles. The molecular weight excluding hydrogens is 258 g/mol. The van der Waals surface area contributed by atoms with Crippen LogP contribution in [0.5, 0.6) is 0 Å². The van der Waals surface area contributed by atoms with Gasteiger partial charge in [-0.3, -0.25) is 14.9 Å². The first-order chi connectivity index (χ1) is 8.51. The van der Waals surface area contributed by atoms with Crippen molar-refractivity contribution in [1.29, 1.82) is 0 Å². The maximum Gasteiger partial charge on any atom is 0.270 e. The number of benzene rings is 1. The zero-order valence-electron chi connectivity index (χ0n) is 9.93. The fraction of sp³-hybridized carbons (Fsp3) is 0.364. The lowest BCUT2D eigenvalue weighted by Crippen LogP contribution is -2.35. The van der Waals surface area contributed by atoms with Gasteiger partial charge in [0.25, 0.3) is 11.6 Å². The molecule has 0 fully saturated rings. The number of nitrogens with zero attached hydrogens (tertiary/aromatic N) is 2. The summed E-state index contributed by atoms with van der Waals surface area (Å²) in [6.45, 7) is 2.98. The molecule has 6 nitrogen and oxygen atoms in total. The maximum atomic E-state index is 12.1. The molecule has 0 aliphatic carbocycles. The van der Waals surface area contributed by atoms with Crippen molar-refractivity contribution in [2.24, 2.45) is 5.73 Å². The zero-order valence-corrected chi connectivity index (χ0v) is 10.7. The smallest absolute Gasteiger partial charge is 0.270 e. The summed E-state index contributed by atoms with van der Waals surface area (Å²) in [5, 5.41) is 10.9. The Labute approximate surface area is 109 Å². The van der Waals surface area contributed by atoms with Gasteiger partial charge in [-0.15, -0.1) is 0 Å². The quantitative estimate of drug-likeness (QED) is 0.651. The molecule has 0 spiro atoms. The van der Waals surface area contributed by atoms with Gasteiger partial charge in [0.15, 0.2) is 0 Å². The van der Waals surface area contributed by atoms with Crippen LogP contribution in [-0.2, 0) is 0 Å². The van der Waals surface area contributed by atoms with E-state index in [2.05, 4.69) is 0 Å². The summed E-state index contributed by atoms with van der Waals surface area (Å²) in [6.07, 6.45) is 0. The number of likely N-dealkylation sites (N-methyl/N-ethyl adjacent to an activating group) is 1. The number of rotatable bonds is 5. The van der Waals surface area contributed by atoms with E-state index in [4.69, 9.17) is 17.3 Å². The Morgan fingerprint density at radius 1 is 1.56 bits per heavy atom. The van der Waals surface area contributed by atoms with Crippen molar-refractivity contribution in [1.82, 2.24) is 4.90 Å². The number of non-ortho nitro benzene ring substituents is 1. The number of nitro groups is 1. The first-order valence-electron chi connectivity index (χ1n) is 5.44. The third kappa shape index (κ3) is 3.18. The number of hydrogen-bond acceptors (Lipinski definition) is 4. The minimum absolute atomic E-state index is 0.126. The molecule has 0 heterocycles. The number of carbonyl (C=O) groups excluding carboxylic acids is 1. The van der Waals surface area contributed by atoms with Gasteiger partial charge in [-0.25, -0.2) is 0 Å². The largest absolute Gasteiger partial charge is 0.338 e. The molecule has 18 heavy (non-hydrogen) atoms. The van der Waals surface area contributed by atoms with Gasteiger partial charge in [0.1, 0.15) is 0 Å². The molecule has 7 heteroatoms. The predicted molar refractivity (Wildman–Crippen MR) is 68.7 cm³/mol. The summed E-state index contributed by atoms with van der Waals surface area (Å²) in [5.41, 5.74) is 5.37. The van der Waals surface area contributed by atoms with Crippen molar-refractivity contribution < 1.29 is 9.72 Å². The molecular formula is C11H14ClN3O3. The summed E-state index contributed by atoms with van der Waals surface area (Å²) >= 11 is 5.90.